The molecule has 0 fully saturated rings. The third kappa shape index (κ3) is 3.76. The Morgan fingerprint density at radius 1 is 1.10 bits per heavy atom. The fourth-order valence-corrected chi connectivity index (χ4v) is 3.28. The summed E-state index contributed by atoms with van der Waals surface area (Å²) in [4.78, 5) is 25.0. The number of pyridine rings is 1. The molecule has 0 amide bonds. The van der Waals surface area contributed by atoms with Gasteiger partial charge in [-0.15, -0.1) is 0 Å². The number of aryl methyl sites for hydroxylation is 1. The van der Waals surface area contributed by atoms with Gasteiger partial charge in [0.2, 0.25) is 0 Å². The number of rotatable bonds is 7. The van der Waals surface area contributed by atoms with E-state index in [2.05, 4.69) is 22.0 Å². The van der Waals surface area contributed by atoms with Gasteiger partial charge in [0.1, 0.15) is 17.1 Å². The summed E-state index contributed by atoms with van der Waals surface area (Å²) in [5.74, 6) is 1.19. The molecule has 3 aromatic heterocycles. The molecule has 0 aliphatic rings. The van der Waals surface area contributed by atoms with Crippen LogP contribution in [0, 0.1) is 0 Å². The molecular weight excluding hydrogens is 366 g/mol. The van der Waals surface area contributed by atoms with E-state index in [9.17, 15) is 4.79 Å². The van der Waals surface area contributed by atoms with E-state index >= 15 is 0 Å². The lowest BCUT2D eigenvalue weighted by Gasteiger charge is -2.10. The van der Waals surface area contributed by atoms with E-state index in [0.717, 1.165) is 23.4 Å². The van der Waals surface area contributed by atoms with Crippen LogP contribution in [0.1, 0.15) is 31.7 Å². The van der Waals surface area contributed by atoms with E-state index in [-0.39, 0.29) is 5.56 Å². The van der Waals surface area contributed by atoms with Crippen molar-refractivity contribution in [3.63, 3.8) is 0 Å². The van der Waals surface area contributed by atoms with Gasteiger partial charge in [-0.2, -0.15) is 5.10 Å². The molecule has 4 aromatic rings. The maximum atomic E-state index is 13.0. The van der Waals surface area contributed by atoms with Crippen molar-refractivity contribution in [3.8, 4) is 17.1 Å². The summed E-state index contributed by atoms with van der Waals surface area (Å²) < 4.78 is 7.53. The minimum absolute atomic E-state index is 0.224. The second kappa shape index (κ2) is 8.26. The van der Waals surface area contributed by atoms with E-state index < -0.39 is 0 Å². The topological polar surface area (TPSA) is 85.7 Å². The number of fused-ring (bicyclic) bond motifs is 1. The molecule has 0 radical (unpaired) electrons. The standard InChI is InChI=1S/C22H23N5O2/c1-3-13-29-18-11-6-5-10-16(18)21-24-19-17(4-2)26-27(20(19)22(28)25-21)14-15-9-7-8-12-23-15/h5-12H,3-4,13-14H2,1-2H3,(H,24,25,28). The lowest BCUT2D eigenvalue weighted by Crippen LogP contribution is -2.15. The predicted molar refractivity (Wildman–Crippen MR) is 112 cm³/mol. The molecule has 29 heavy (non-hydrogen) atoms. The number of aromatic nitrogens is 5. The van der Waals surface area contributed by atoms with E-state index in [1.165, 1.54) is 0 Å². The third-order valence-electron chi connectivity index (χ3n) is 4.64. The van der Waals surface area contributed by atoms with Gasteiger partial charge in [0.15, 0.2) is 5.52 Å². The molecule has 4 rings (SSSR count). The fraction of sp³-hybridized carbons (Fsp3) is 0.273. The maximum absolute atomic E-state index is 13.0. The van der Waals surface area contributed by atoms with Gasteiger partial charge in [-0.25, -0.2) is 4.98 Å². The van der Waals surface area contributed by atoms with Gasteiger partial charge in [-0.1, -0.05) is 32.0 Å². The highest BCUT2D eigenvalue weighted by Gasteiger charge is 2.18. The lowest BCUT2D eigenvalue weighted by molar-refractivity contribution is 0.318. The van der Waals surface area contributed by atoms with Crippen molar-refractivity contribution in [1.29, 1.82) is 0 Å². The average Bonchev–Trinajstić information content (AvgIpc) is 3.11. The zero-order chi connectivity index (χ0) is 20.2. The molecular formula is C22H23N5O2. The number of nitrogens with zero attached hydrogens (tertiary/aromatic N) is 4. The normalized spacial score (nSPS) is 11.1. The van der Waals surface area contributed by atoms with Gasteiger partial charge in [-0.3, -0.25) is 14.5 Å². The number of hydrogen-bond acceptors (Lipinski definition) is 5. The number of H-pyrrole nitrogens is 1. The average molecular weight is 389 g/mol. The van der Waals surface area contributed by atoms with Crippen molar-refractivity contribution >= 4 is 11.0 Å². The van der Waals surface area contributed by atoms with Crippen LogP contribution in [0.5, 0.6) is 5.75 Å². The molecule has 0 atom stereocenters. The van der Waals surface area contributed by atoms with Crippen LogP contribution < -0.4 is 10.3 Å². The van der Waals surface area contributed by atoms with Crippen molar-refractivity contribution in [2.75, 3.05) is 6.61 Å². The van der Waals surface area contributed by atoms with Gasteiger partial charge < -0.3 is 9.72 Å². The molecule has 0 bridgehead atoms. The SMILES string of the molecule is CCCOc1ccccc1-c1nc2c(CC)nn(Cc3ccccn3)c2c(=O)[nH]1. The Morgan fingerprint density at radius 3 is 2.69 bits per heavy atom. The number of ether oxygens (including phenoxy) is 1. The molecule has 1 aromatic carbocycles. The molecule has 3 heterocycles. The summed E-state index contributed by atoms with van der Waals surface area (Å²) in [5.41, 5.74) is 3.24. The summed E-state index contributed by atoms with van der Waals surface area (Å²) >= 11 is 0. The summed E-state index contributed by atoms with van der Waals surface area (Å²) in [6, 6.07) is 13.3. The molecule has 7 nitrogen and oxygen atoms in total. The van der Waals surface area contributed by atoms with Crippen LogP contribution >= 0.6 is 0 Å². The molecule has 0 unspecified atom stereocenters. The Kier molecular flexibility index (Phi) is 5.37. The second-order valence-electron chi connectivity index (χ2n) is 6.74. The molecule has 0 aliphatic heterocycles. The smallest absolute Gasteiger partial charge is 0.277 e. The number of para-hydroxylation sites is 1. The Bertz CT molecular complexity index is 1180. The summed E-state index contributed by atoms with van der Waals surface area (Å²) in [7, 11) is 0. The van der Waals surface area contributed by atoms with Gasteiger partial charge in [0.05, 0.1) is 30.1 Å². The highest BCUT2D eigenvalue weighted by molar-refractivity contribution is 5.79. The number of hydrogen-bond donors (Lipinski definition) is 1. The molecule has 0 aliphatic carbocycles. The van der Waals surface area contributed by atoms with Crippen LogP contribution in [0.3, 0.4) is 0 Å². The Morgan fingerprint density at radius 2 is 1.93 bits per heavy atom. The second-order valence-corrected chi connectivity index (χ2v) is 6.74. The predicted octanol–water partition coefficient (Wildman–Crippen LogP) is 3.58. The summed E-state index contributed by atoms with van der Waals surface area (Å²) in [5, 5.41) is 4.63. The first kappa shape index (κ1) is 18.9. The summed E-state index contributed by atoms with van der Waals surface area (Å²) in [6.07, 6.45) is 3.31. The first-order chi connectivity index (χ1) is 14.2. The number of benzene rings is 1. The van der Waals surface area contributed by atoms with Crippen molar-refractivity contribution in [1.82, 2.24) is 24.7 Å². The Balaban J connectivity index is 1.83. The first-order valence-electron chi connectivity index (χ1n) is 9.83. The number of aromatic amines is 1. The molecule has 148 valence electrons. The van der Waals surface area contributed by atoms with Crippen LogP contribution in [-0.4, -0.2) is 31.3 Å². The highest BCUT2D eigenvalue weighted by atomic mass is 16.5. The molecule has 0 saturated carbocycles. The van der Waals surface area contributed by atoms with Crippen LogP contribution in [0.4, 0.5) is 0 Å². The van der Waals surface area contributed by atoms with E-state index in [0.29, 0.717) is 42.2 Å². The maximum Gasteiger partial charge on any atom is 0.277 e. The first-order valence-corrected chi connectivity index (χ1v) is 9.83. The molecule has 1 N–H and O–H groups in total. The largest absolute Gasteiger partial charge is 0.493 e. The zero-order valence-electron chi connectivity index (χ0n) is 16.6. The molecule has 0 spiro atoms. The van der Waals surface area contributed by atoms with Crippen molar-refractivity contribution < 1.29 is 4.74 Å². The molecule has 7 heteroatoms. The summed E-state index contributed by atoms with van der Waals surface area (Å²) in [6.45, 7) is 5.08. The zero-order valence-corrected chi connectivity index (χ0v) is 16.6. The minimum atomic E-state index is -0.224. The molecule has 0 saturated heterocycles. The van der Waals surface area contributed by atoms with Crippen LogP contribution in [0.25, 0.3) is 22.4 Å². The minimum Gasteiger partial charge on any atom is -0.493 e. The van der Waals surface area contributed by atoms with E-state index in [4.69, 9.17) is 9.72 Å². The fourth-order valence-electron chi connectivity index (χ4n) is 3.28. The van der Waals surface area contributed by atoms with Gasteiger partial charge >= 0.3 is 0 Å². The van der Waals surface area contributed by atoms with Crippen molar-refractivity contribution in [2.24, 2.45) is 0 Å². The Labute approximate surface area is 168 Å². The van der Waals surface area contributed by atoms with Gasteiger partial charge in [0.25, 0.3) is 5.56 Å². The van der Waals surface area contributed by atoms with Gasteiger partial charge in [0, 0.05) is 6.20 Å². The Hall–Kier alpha value is -3.48. The quantitative estimate of drug-likeness (QED) is 0.522. The van der Waals surface area contributed by atoms with Crippen LogP contribution in [0.15, 0.2) is 53.5 Å². The monoisotopic (exact) mass is 389 g/mol. The van der Waals surface area contributed by atoms with Gasteiger partial charge in [-0.05, 0) is 37.1 Å². The van der Waals surface area contributed by atoms with E-state index in [1.54, 1.807) is 10.9 Å². The van der Waals surface area contributed by atoms with Crippen molar-refractivity contribution in [2.45, 2.75) is 33.2 Å². The number of nitrogens with one attached hydrogen (secondary N) is 1. The van der Waals surface area contributed by atoms with E-state index in [1.807, 2.05) is 49.4 Å². The highest BCUT2D eigenvalue weighted by Crippen LogP contribution is 2.28. The lowest BCUT2D eigenvalue weighted by atomic mass is 10.2. The van der Waals surface area contributed by atoms with Crippen LogP contribution in [-0.2, 0) is 13.0 Å². The van der Waals surface area contributed by atoms with Crippen LogP contribution in [0.2, 0.25) is 0 Å². The third-order valence-corrected chi connectivity index (χ3v) is 4.64. The van der Waals surface area contributed by atoms with Crippen molar-refractivity contribution in [3.05, 3.63) is 70.4 Å².